The Hall–Kier alpha value is -0.780. The molecule has 0 saturated heterocycles. The van der Waals surface area contributed by atoms with E-state index >= 15 is 0 Å². The number of allylic oxidation sites excluding steroid dienone is 5. The molecule has 1 aliphatic carbocycles. The molecule has 0 amide bonds. The average Bonchev–Trinajstić information content (AvgIpc) is 2.52. The first-order valence-electron chi connectivity index (χ1n) is 5.18. The van der Waals surface area contributed by atoms with Crippen molar-refractivity contribution in [1.29, 1.82) is 0 Å². The fourth-order valence-electron chi connectivity index (χ4n) is 1.89. The van der Waals surface area contributed by atoms with Crippen LogP contribution in [0.5, 0.6) is 0 Å². The summed E-state index contributed by atoms with van der Waals surface area (Å²) in [6.07, 6.45) is 7.91. The van der Waals surface area contributed by atoms with E-state index in [1.807, 2.05) is 6.08 Å². The second kappa shape index (κ2) is 4.45. The summed E-state index contributed by atoms with van der Waals surface area (Å²) in [6, 6.07) is 0. The predicted octanol–water partition coefficient (Wildman–Crippen LogP) is 4.26. The van der Waals surface area contributed by atoms with Crippen LogP contribution in [0.3, 0.4) is 0 Å². The van der Waals surface area contributed by atoms with Gasteiger partial charge >= 0.3 is 0 Å². The Morgan fingerprint density at radius 1 is 1.38 bits per heavy atom. The van der Waals surface area contributed by atoms with Gasteiger partial charge in [-0.1, -0.05) is 38.2 Å². The first kappa shape index (κ1) is 10.3. The van der Waals surface area contributed by atoms with E-state index in [2.05, 4.69) is 33.4 Å². The molecule has 1 fully saturated rings. The van der Waals surface area contributed by atoms with Crippen molar-refractivity contribution in [3.63, 3.8) is 0 Å². The molecule has 1 aliphatic rings. The smallest absolute Gasteiger partial charge is 0.0257 e. The molecule has 72 valence electrons. The molecule has 0 aromatic carbocycles. The Balaban J connectivity index is 2.96. The summed E-state index contributed by atoms with van der Waals surface area (Å²) >= 11 is 0. The second-order valence-corrected chi connectivity index (χ2v) is 4.10. The SMILES string of the molecule is C=C/C=C1/CCC/C1=C(/C)C(C)C. The van der Waals surface area contributed by atoms with Crippen LogP contribution < -0.4 is 0 Å². The molecule has 0 heterocycles. The van der Waals surface area contributed by atoms with Crippen LogP contribution in [-0.2, 0) is 0 Å². The molecule has 0 heteroatoms. The third kappa shape index (κ3) is 2.33. The molecule has 1 saturated carbocycles. The summed E-state index contributed by atoms with van der Waals surface area (Å²) in [5, 5.41) is 0. The summed E-state index contributed by atoms with van der Waals surface area (Å²) in [4.78, 5) is 0. The van der Waals surface area contributed by atoms with E-state index in [-0.39, 0.29) is 0 Å². The van der Waals surface area contributed by atoms with E-state index in [1.165, 1.54) is 24.8 Å². The van der Waals surface area contributed by atoms with Gasteiger partial charge in [0, 0.05) is 0 Å². The lowest BCUT2D eigenvalue weighted by atomic mass is 9.95. The monoisotopic (exact) mass is 176 g/mol. The quantitative estimate of drug-likeness (QED) is 0.590. The van der Waals surface area contributed by atoms with Crippen LogP contribution in [0.2, 0.25) is 0 Å². The Morgan fingerprint density at radius 3 is 2.62 bits per heavy atom. The standard InChI is InChI=1S/C13H20/c1-5-7-12-8-6-9-13(12)11(4)10(2)3/h5,7,10H,1,6,8-9H2,2-4H3/b12-7-,13-11+. The van der Waals surface area contributed by atoms with Crippen LogP contribution in [0.4, 0.5) is 0 Å². The van der Waals surface area contributed by atoms with Crippen LogP contribution in [0.1, 0.15) is 40.0 Å². The zero-order valence-corrected chi connectivity index (χ0v) is 9.06. The normalized spacial score (nSPS) is 24.2. The van der Waals surface area contributed by atoms with E-state index in [4.69, 9.17) is 0 Å². The summed E-state index contributed by atoms with van der Waals surface area (Å²) in [5.41, 5.74) is 4.67. The minimum Gasteiger partial charge on any atom is -0.0991 e. The van der Waals surface area contributed by atoms with Gasteiger partial charge in [-0.15, -0.1) is 0 Å². The molecule has 0 unspecified atom stereocenters. The van der Waals surface area contributed by atoms with Gasteiger partial charge in [0.1, 0.15) is 0 Å². The Kier molecular flexibility index (Phi) is 3.53. The van der Waals surface area contributed by atoms with Gasteiger partial charge < -0.3 is 0 Å². The number of rotatable bonds is 2. The zero-order valence-electron chi connectivity index (χ0n) is 9.06. The summed E-state index contributed by atoms with van der Waals surface area (Å²) in [6.45, 7) is 10.6. The van der Waals surface area contributed by atoms with Gasteiger partial charge in [-0.2, -0.15) is 0 Å². The van der Waals surface area contributed by atoms with Crippen molar-refractivity contribution in [3.8, 4) is 0 Å². The van der Waals surface area contributed by atoms with Crippen molar-refractivity contribution in [2.75, 3.05) is 0 Å². The molecular weight excluding hydrogens is 156 g/mol. The first-order chi connectivity index (χ1) is 6.16. The van der Waals surface area contributed by atoms with Gasteiger partial charge in [0.15, 0.2) is 0 Å². The third-order valence-corrected chi connectivity index (χ3v) is 2.92. The summed E-state index contributed by atoms with van der Waals surface area (Å²) in [7, 11) is 0. The molecular formula is C13H20. The maximum absolute atomic E-state index is 3.76. The molecule has 0 aromatic rings. The Bertz CT molecular complexity index is 251. The van der Waals surface area contributed by atoms with E-state index < -0.39 is 0 Å². The predicted molar refractivity (Wildman–Crippen MR) is 59.7 cm³/mol. The Labute approximate surface area is 82.0 Å². The van der Waals surface area contributed by atoms with Gasteiger partial charge in [0.2, 0.25) is 0 Å². The molecule has 0 nitrogen and oxygen atoms in total. The van der Waals surface area contributed by atoms with E-state index in [0.29, 0.717) is 5.92 Å². The van der Waals surface area contributed by atoms with Crippen LogP contribution in [-0.4, -0.2) is 0 Å². The lowest BCUT2D eigenvalue weighted by Crippen LogP contribution is -1.94. The Morgan fingerprint density at radius 2 is 2.08 bits per heavy atom. The highest BCUT2D eigenvalue weighted by molar-refractivity contribution is 5.40. The van der Waals surface area contributed by atoms with Crippen LogP contribution >= 0.6 is 0 Å². The number of hydrogen-bond acceptors (Lipinski definition) is 0. The van der Waals surface area contributed by atoms with Gasteiger partial charge in [0.05, 0.1) is 0 Å². The molecule has 0 radical (unpaired) electrons. The van der Waals surface area contributed by atoms with Gasteiger partial charge in [-0.25, -0.2) is 0 Å². The van der Waals surface area contributed by atoms with Crippen molar-refractivity contribution in [1.82, 2.24) is 0 Å². The van der Waals surface area contributed by atoms with E-state index in [9.17, 15) is 0 Å². The highest BCUT2D eigenvalue weighted by Crippen LogP contribution is 2.34. The fourth-order valence-corrected chi connectivity index (χ4v) is 1.89. The summed E-state index contributed by atoms with van der Waals surface area (Å²) in [5.74, 6) is 0.682. The largest absolute Gasteiger partial charge is 0.0991 e. The highest BCUT2D eigenvalue weighted by Gasteiger charge is 2.16. The second-order valence-electron chi connectivity index (χ2n) is 4.10. The lowest BCUT2D eigenvalue weighted by molar-refractivity contribution is 0.753. The molecule has 0 atom stereocenters. The van der Waals surface area contributed by atoms with Crippen molar-refractivity contribution < 1.29 is 0 Å². The molecule has 0 aliphatic heterocycles. The van der Waals surface area contributed by atoms with Crippen LogP contribution in [0, 0.1) is 5.92 Å². The fraction of sp³-hybridized carbons (Fsp3) is 0.538. The molecule has 0 aromatic heterocycles. The minimum atomic E-state index is 0.682. The van der Waals surface area contributed by atoms with Crippen LogP contribution in [0.25, 0.3) is 0 Å². The lowest BCUT2D eigenvalue weighted by Gasteiger charge is -2.11. The van der Waals surface area contributed by atoms with Crippen molar-refractivity contribution >= 4 is 0 Å². The number of hydrogen-bond donors (Lipinski definition) is 0. The zero-order chi connectivity index (χ0) is 9.84. The van der Waals surface area contributed by atoms with E-state index in [1.54, 1.807) is 11.1 Å². The molecule has 1 rings (SSSR count). The van der Waals surface area contributed by atoms with Crippen molar-refractivity contribution in [2.45, 2.75) is 40.0 Å². The highest BCUT2D eigenvalue weighted by atomic mass is 14.2. The topological polar surface area (TPSA) is 0 Å². The van der Waals surface area contributed by atoms with Crippen molar-refractivity contribution in [2.24, 2.45) is 5.92 Å². The van der Waals surface area contributed by atoms with Crippen LogP contribution in [0.15, 0.2) is 35.5 Å². The molecule has 13 heavy (non-hydrogen) atoms. The summed E-state index contributed by atoms with van der Waals surface area (Å²) < 4.78 is 0. The molecule has 0 bridgehead atoms. The molecule has 0 N–H and O–H groups in total. The maximum atomic E-state index is 3.76. The van der Waals surface area contributed by atoms with Gasteiger partial charge in [-0.05, 0) is 43.3 Å². The van der Waals surface area contributed by atoms with Crippen molar-refractivity contribution in [3.05, 3.63) is 35.5 Å². The maximum Gasteiger partial charge on any atom is -0.0257 e. The van der Waals surface area contributed by atoms with E-state index in [0.717, 1.165) is 0 Å². The van der Waals surface area contributed by atoms with Gasteiger partial charge in [-0.3, -0.25) is 0 Å². The minimum absolute atomic E-state index is 0.682. The average molecular weight is 176 g/mol. The first-order valence-corrected chi connectivity index (χ1v) is 5.18. The molecule has 0 spiro atoms. The van der Waals surface area contributed by atoms with Gasteiger partial charge in [0.25, 0.3) is 0 Å². The third-order valence-electron chi connectivity index (χ3n) is 2.92.